The number of hydrogen-bond donors (Lipinski definition) is 0. The minimum atomic E-state index is -0.136. The second-order valence-electron chi connectivity index (χ2n) is 12.5. The summed E-state index contributed by atoms with van der Waals surface area (Å²) < 4.78 is 2.55. The van der Waals surface area contributed by atoms with E-state index in [2.05, 4.69) is 158 Å². The van der Waals surface area contributed by atoms with Crippen LogP contribution in [0.3, 0.4) is 0 Å². The summed E-state index contributed by atoms with van der Waals surface area (Å²) in [7, 11) is 2.22. The molecule has 43 heavy (non-hydrogen) atoms. The largest absolute Gasteiger partial charge is 0.347 e. The zero-order chi connectivity index (χ0) is 28.9. The average Bonchev–Trinajstić information content (AvgIpc) is 3.48. The molecular weight excluding hydrogens is 522 g/mol. The molecule has 1 aromatic heterocycles. The zero-order valence-electron chi connectivity index (χ0n) is 24.5. The standard InChI is InChI=1S/C40H31N3/c1-40(2)31-18-10-9-17-28(31)29-21-22-34-36(37(29)40)30-23-26-15-7-8-16-27(26)24-35(30)43(34)39-38(25-13-5-4-6-14-25)41-32-19-11-12-20-33(32)42(39)3/h4-24,39H,1-3H3. The normalized spacial score (nSPS) is 16.8. The molecule has 3 nitrogen and oxygen atoms in total. The number of aliphatic imine (C=N–C) groups is 1. The predicted octanol–water partition coefficient (Wildman–Crippen LogP) is 10.0. The maximum atomic E-state index is 5.37. The highest BCUT2D eigenvalue weighted by molar-refractivity contribution is 6.18. The van der Waals surface area contributed by atoms with Gasteiger partial charge < -0.3 is 9.47 Å². The Kier molecular flexibility index (Phi) is 4.94. The van der Waals surface area contributed by atoms with Crippen molar-refractivity contribution in [2.75, 3.05) is 11.9 Å². The van der Waals surface area contributed by atoms with Crippen molar-refractivity contribution in [2.45, 2.75) is 25.4 Å². The highest BCUT2D eigenvalue weighted by Crippen LogP contribution is 2.54. The fourth-order valence-corrected chi connectivity index (χ4v) is 7.84. The van der Waals surface area contributed by atoms with E-state index in [-0.39, 0.29) is 11.6 Å². The highest BCUT2D eigenvalue weighted by atomic mass is 15.3. The van der Waals surface area contributed by atoms with Crippen LogP contribution in [0.1, 0.15) is 36.7 Å². The molecule has 1 unspecified atom stereocenters. The molecule has 2 aliphatic rings. The number of fused-ring (bicyclic) bond motifs is 9. The van der Waals surface area contributed by atoms with Crippen LogP contribution in [0.5, 0.6) is 0 Å². The van der Waals surface area contributed by atoms with Gasteiger partial charge in [0.1, 0.15) is 0 Å². The Hall–Kier alpha value is -5.15. The van der Waals surface area contributed by atoms with Crippen LogP contribution < -0.4 is 4.90 Å². The van der Waals surface area contributed by atoms with Gasteiger partial charge in [0.05, 0.1) is 28.1 Å². The van der Waals surface area contributed by atoms with Crippen LogP contribution in [0, 0.1) is 0 Å². The van der Waals surface area contributed by atoms with Crippen LogP contribution in [-0.4, -0.2) is 17.3 Å². The van der Waals surface area contributed by atoms with E-state index < -0.39 is 0 Å². The molecule has 9 rings (SSSR count). The fraction of sp³-hybridized carbons (Fsp3) is 0.125. The minimum Gasteiger partial charge on any atom is -0.347 e. The number of rotatable bonds is 2. The Labute approximate surface area is 251 Å². The number of nitrogens with zero attached hydrogens (tertiary/aromatic N) is 3. The molecule has 0 fully saturated rings. The Balaban J connectivity index is 1.44. The summed E-state index contributed by atoms with van der Waals surface area (Å²) in [5.74, 6) is 0. The van der Waals surface area contributed by atoms with Crippen LogP contribution in [0.15, 0.2) is 132 Å². The smallest absolute Gasteiger partial charge is 0.150 e. The molecular formula is C40H31N3. The molecule has 3 heteroatoms. The van der Waals surface area contributed by atoms with E-state index in [9.17, 15) is 0 Å². The van der Waals surface area contributed by atoms with Crippen molar-refractivity contribution < 1.29 is 0 Å². The van der Waals surface area contributed by atoms with Gasteiger partial charge in [-0.05, 0) is 63.4 Å². The van der Waals surface area contributed by atoms with E-state index in [1.807, 2.05) is 0 Å². The zero-order valence-corrected chi connectivity index (χ0v) is 24.5. The third-order valence-electron chi connectivity index (χ3n) is 9.78. The SMILES string of the molecule is CN1c2ccccc2N=C(c2ccccc2)C1n1c2cc3ccccc3cc2c2c3c(ccc21)-c1ccccc1C3(C)C. The molecule has 2 heterocycles. The third kappa shape index (κ3) is 3.28. The van der Waals surface area contributed by atoms with Crippen LogP contribution in [0.2, 0.25) is 0 Å². The summed E-state index contributed by atoms with van der Waals surface area (Å²) >= 11 is 0. The molecule has 7 aromatic rings. The van der Waals surface area contributed by atoms with Gasteiger partial charge in [0.15, 0.2) is 6.17 Å². The summed E-state index contributed by atoms with van der Waals surface area (Å²) in [6.07, 6.45) is -0.136. The van der Waals surface area contributed by atoms with Crippen molar-refractivity contribution in [1.29, 1.82) is 0 Å². The molecule has 0 saturated heterocycles. The first-order valence-corrected chi connectivity index (χ1v) is 15.1. The van der Waals surface area contributed by atoms with Gasteiger partial charge in [-0.15, -0.1) is 0 Å². The summed E-state index contributed by atoms with van der Waals surface area (Å²) in [4.78, 5) is 7.78. The molecule has 0 saturated carbocycles. The number of hydrogen-bond acceptors (Lipinski definition) is 2. The van der Waals surface area contributed by atoms with Crippen LogP contribution in [0.25, 0.3) is 43.7 Å². The maximum Gasteiger partial charge on any atom is 0.150 e. The lowest BCUT2D eigenvalue weighted by molar-refractivity contribution is 0.654. The van der Waals surface area contributed by atoms with Crippen molar-refractivity contribution >= 4 is 49.7 Å². The molecule has 0 spiro atoms. The Morgan fingerprint density at radius 2 is 1.35 bits per heavy atom. The fourth-order valence-electron chi connectivity index (χ4n) is 7.84. The van der Waals surface area contributed by atoms with Crippen molar-refractivity contribution in [3.63, 3.8) is 0 Å². The van der Waals surface area contributed by atoms with Crippen molar-refractivity contribution in [3.8, 4) is 11.1 Å². The molecule has 1 aliphatic carbocycles. The first-order valence-electron chi connectivity index (χ1n) is 15.1. The number of anilines is 1. The summed E-state index contributed by atoms with van der Waals surface area (Å²) in [5, 5.41) is 5.15. The molecule has 206 valence electrons. The Morgan fingerprint density at radius 1 is 0.651 bits per heavy atom. The highest BCUT2D eigenvalue weighted by Gasteiger charge is 2.39. The van der Waals surface area contributed by atoms with Gasteiger partial charge in [0.2, 0.25) is 0 Å². The molecule has 0 radical (unpaired) electrons. The van der Waals surface area contributed by atoms with Crippen molar-refractivity contribution in [1.82, 2.24) is 4.57 Å². The second-order valence-corrected chi connectivity index (χ2v) is 12.5. The van der Waals surface area contributed by atoms with Crippen LogP contribution >= 0.6 is 0 Å². The van der Waals surface area contributed by atoms with E-state index in [0.717, 1.165) is 22.6 Å². The molecule has 0 amide bonds. The van der Waals surface area contributed by atoms with Gasteiger partial charge in [-0.1, -0.05) is 111 Å². The number of aromatic nitrogens is 1. The number of likely N-dealkylation sites (N-methyl/N-ethyl adjacent to an activating group) is 1. The van der Waals surface area contributed by atoms with Gasteiger partial charge in [-0.25, -0.2) is 4.99 Å². The molecule has 6 aromatic carbocycles. The maximum absolute atomic E-state index is 5.37. The van der Waals surface area contributed by atoms with Gasteiger partial charge in [0, 0.05) is 28.8 Å². The molecule has 0 bridgehead atoms. The molecule has 1 aliphatic heterocycles. The van der Waals surface area contributed by atoms with Crippen molar-refractivity contribution in [2.24, 2.45) is 4.99 Å². The van der Waals surface area contributed by atoms with Crippen LogP contribution in [0.4, 0.5) is 11.4 Å². The minimum absolute atomic E-state index is 0.127. The van der Waals surface area contributed by atoms with Crippen LogP contribution in [-0.2, 0) is 5.41 Å². The van der Waals surface area contributed by atoms with E-state index in [1.165, 1.54) is 54.8 Å². The third-order valence-corrected chi connectivity index (χ3v) is 9.78. The summed E-state index contributed by atoms with van der Waals surface area (Å²) in [5.41, 5.74) is 12.2. The first-order chi connectivity index (χ1) is 21.0. The number of para-hydroxylation sites is 2. The first kappa shape index (κ1) is 24.4. The summed E-state index contributed by atoms with van der Waals surface area (Å²) in [6.45, 7) is 4.78. The quantitative estimate of drug-likeness (QED) is 0.209. The Morgan fingerprint density at radius 3 is 2.19 bits per heavy atom. The van der Waals surface area contributed by atoms with E-state index >= 15 is 0 Å². The van der Waals surface area contributed by atoms with Gasteiger partial charge >= 0.3 is 0 Å². The topological polar surface area (TPSA) is 20.5 Å². The predicted molar refractivity (Wildman–Crippen MR) is 181 cm³/mol. The Bertz CT molecular complexity index is 2290. The lowest BCUT2D eigenvalue weighted by atomic mass is 9.80. The average molecular weight is 554 g/mol. The summed E-state index contributed by atoms with van der Waals surface area (Å²) in [6, 6.07) is 46.4. The van der Waals surface area contributed by atoms with Crippen molar-refractivity contribution in [3.05, 3.63) is 144 Å². The monoisotopic (exact) mass is 553 g/mol. The molecule has 1 atom stereocenters. The second kappa shape index (κ2) is 8.68. The van der Waals surface area contributed by atoms with E-state index in [0.29, 0.717) is 0 Å². The van der Waals surface area contributed by atoms with E-state index in [4.69, 9.17) is 4.99 Å². The lowest BCUT2D eigenvalue weighted by Crippen LogP contribution is -2.38. The molecule has 0 N–H and O–H groups in total. The lowest BCUT2D eigenvalue weighted by Gasteiger charge is -2.37. The van der Waals surface area contributed by atoms with Gasteiger partial charge in [-0.3, -0.25) is 0 Å². The number of benzene rings is 6. The van der Waals surface area contributed by atoms with Gasteiger partial charge in [-0.2, -0.15) is 0 Å². The van der Waals surface area contributed by atoms with Gasteiger partial charge in [0.25, 0.3) is 0 Å². The van der Waals surface area contributed by atoms with E-state index in [1.54, 1.807) is 0 Å².